The topological polar surface area (TPSA) is 88.6 Å². The zero-order chi connectivity index (χ0) is 24.3. The average Bonchev–Trinajstić information content (AvgIpc) is 3.38. The highest BCUT2D eigenvalue weighted by Gasteiger charge is 2.29. The average molecular weight is 518 g/mol. The first-order valence-electron chi connectivity index (χ1n) is 10.7. The van der Waals surface area contributed by atoms with E-state index in [9.17, 15) is 13.2 Å². The summed E-state index contributed by atoms with van der Waals surface area (Å²) in [6.45, 7) is 4.16. The van der Waals surface area contributed by atoms with Crippen LogP contribution in [0.4, 0.5) is 5.82 Å². The maximum absolute atomic E-state index is 12.8. The Hall–Kier alpha value is -2.88. The lowest BCUT2D eigenvalue weighted by Crippen LogP contribution is -2.34. The fraction of sp³-hybridized carbons (Fsp3) is 0.250. The van der Waals surface area contributed by atoms with Crippen molar-refractivity contribution >= 4 is 44.7 Å². The Morgan fingerprint density at radius 1 is 1.18 bits per heavy atom. The number of aryl methyl sites for hydroxylation is 1. The molecule has 0 radical (unpaired) electrons. The number of rotatable bonds is 9. The summed E-state index contributed by atoms with van der Waals surface area (Å²) in [6.07, 6.45) is 3.60. The van der Waals surface area contributed by atoms with Crippen LogP contribution in [0.2, 0.25) is 4.34 Å². The van der Waals surface area contributed by atoms with E-state index in [-0.39, 0.29) is 24.1 Å². The molecule has 34 heavy (non-hydrogen) atoms. The Kier molecular flexibility index (Phi) is 7.25. The zero-order valence-corrected chi connectivity index (χ0v) is 21.1. The van der Waals surface area contributed by atoms with Gasteiger partial charge in [-0.1, -0.05) is 29.8 Å². The van der Waals surface area contributed by atoms with Crippen LogP contribution in [0.3, 0.4) is 0 Å². The molecular formula is C24H24ClN3O4S2. The summed E-state index contributed by atoms with van der Waals surface area (Å²) in [4.78, 5) is 19.6. The van der Waals surface area contributed by atoms with Crippen LogP contribution in [-0.4, -0.2) is 37.7 Å². The number of ether oxygens (including phenoxy) is 1. The van der Waals surface area contributed by atoms with Gasteiger partial charge in [0.1, 0.15) is 17.3 Å². The molecule has 3 aromatic rings. The second-order valence-electron chi connectivity index (χ2n) is 7.98. The number of amides is 1. The molecule has 2 aromatic heterocycles. The maximum Gasteiger partial charge on any atom is 0.276 e. The van der Waals surface area contributed by atoms with Crippen LogP contribution >= 0.6 is 22.9 Å². The molecule has 0 unspecified atom stereocenters. The number of benzene rings is 1. The van der Waals surface area contributed by atoms with Gasteiger partial charge in [-0.3, -0.25) is 14.4 Å². The van der Waals surface area contributed by atoms with E-state index < -0.39 is 15.9 Å². The van der Waals surface area contributed by atoms with Gasteiger partial charge < -0.3 is 4.74 Å². The molecule has 0 aliphatic carbocycles. The van der Waals surface area contributed by atoms with Crippen molar-refractivity contribution in [3.8, 4) is 16.9 Å². The van der Waals surface area contributed by atoms with E-state index in [0.717, 1.165) is 21.8 Å². The summed E-state index contributed by atoms with van der Waals surface area (Å²) in [5.74, 6) is 0.618. The van der Waals surface area contributed by atoms with Gasteiger partial charge in [0, 0.05) is 28.7 Å². The van der Waals surface area contributed by atoms with Gasteiger partial charge in [-0.25, -0.2) is 13.4 Å². The third kappa shape index (κ3) is 5.78. The van der Waals surface area contributed by atoms with Crippen molar-refractivity contribution in [2.24, 2.45) is 0 Å². The van der Waals surface area contributed by atoms with Crippen LogP contribution in [0.1, 0.15) is 18.7 Å². The molecular weight excluding hydrogens is 494 g/mol. The Morgan fingerprint density at radius 2 is 1.97 bits per heavy atom. The van der Waals surface area contributed by atoms with Crippen molar-refractivity contribution in [1.29, 1.82) is 0 Å². The van der Waals surface area contributed by atoms with Gasteiger partial charge in [0.2, 0.25) is 10.0 Å². The van der Waals surface area contributed by atoms with Gasteiger partial charge in [0.05, 0.1) is 16.2 Å². The number of nitrogens with one attached hydrogen (secondary N) is 1. The molecule has 3 heterocycles. The summed E-state index contributed by atoms with van der Waals surface area (Å²) in [7, 11) is -3.69. The largest absolute Gasteiger partial charge is 0.490 e. The molecule has 0 saturated carbocycles. The fourth-order valence-electron chi connectivity index (χ4n) is 3.49. The van der Waals surface area contributed by atoms with E-state index in [2.05, 4.69) is 9.71 Å². The highest BCUT2D eigenvalue weighted by molar-refractivity contribution is 7.89. The van der Waals surface area contributed by atoms with Crippen LogP contribution < -0.4 is 14.4 Å². The molecule has 10 heteroatoms. The number of sulfonamides is 1. The van der Waals surface area contributed by atoms with Crippen LogP contribution in [0, 0.1) is 0 Å². The van der Waals surface area contributed by atoms with Crippen molar-refractivity contribution < 1.29 is 17.9 Å². The molecule has 0 atom stereocenters. The summed E-state index contributed by atoms with van der Waals surface area (Å²) in [5.41, 5.74) is 1.79. The number of thiophene rings is 1. The van der Waals surface area contributed by atoms with E-state index in [0.29, 0.717) is 16.6 Å². The molecule has 0 spiro atoms. The second-order valence-corrected chi connectivity index (χ2v) is 11.6. The summed E-state index contributed by atoms with van der Waals surface area (Å²) in [5, 5.41) is 0. The fourth-order valence-corrected chi connectivity index (χ4v) is 5.80. The number of carbonyl (C=O) groups is 1. The van der Waals surface area contributed by atoms with Gasteiger partial charge in [-0.2, -0.15) is 0 Å². The Labute approximate surface area is 208 Å². The summed E-state index contributed by atoms with van der Waals surface area (Å²) >= 11 is 7.24. The van der Waals surface area contributed by atoms with E-state index in [1.165, 1.54) is 16.2 Å². The minimum Gasteiger partial charge on any atom is -0.490 e. The SMILES string of the molecule is CC(C)Oc1ccccc1-c1ccc(N2CC=C(NS(=O)(=O)CCc3ccc(Cl)s3)C2=O)nc1. The normalized spacial score (nSPS) is 13.9. The highest BCUT2D eigenvalue weighted by atomic mass is 35.5. The third-order valence-corrected chi connectivity index (χ3v) is 7.61. The molecule has 0 bridgehead atoms. The van der Waals surface area contributed by atoms with Gasteiger partial charge in [0.25, 0.3) is 5.91 Å². The predicted octanol–water partition coefficient (Wildman–Crippen LogP) is 4.64. The first kappa shape index (κ1) is 24.3. The van der Waals surface area contributed by atoms with E-state index in [4.69, 9.17) is 16.3 Å². The van der Waals surface area contributed by atoms with Crippen molar-refractivity contribution in [1.82, 2.24) is 9.71 Å². The van der Waals surface area contributed by atoms with Crippen LogP contribution in [0.15, 0.2) is 66.5 Å². The molecule has 0 saturated heterocycles. The van der Waals surface area contributed by atoms with Crippen molar-refractivity contribution in [2.45, 2.75) is 26.4 Å². The monoisotopic (exact) mass is 517 g/mol. The first-order valence-corrected chi connectivity index (χ1v) is 13.6. The van der Waals surface area contributed by atoms with Crippen molar-refractivity contribution in [3.63, 3.8) is 0 Å². The number of carbonyl (C=O) groups excluding carboxylic acids is 1. The number of hydrogen-bond acceptors (Lipinski definition) is 6. The van der Waals surface area contributed by atoms with E-state index in [1.54, 1.807) is 30.5 Å². The quantitative estimate of drug-likeness (QED) is 0.446. The van der Waals surface area contributed by atoms with E-state index >= 15 is 0 Å². The Balaban J connectivity index is 1.41. The molecule has 1 N–H and O–H groups in total. The zero-order valence-electron chi connectivity index (χ0n) is 18.7. The van der Waals surface area contributed by atoms with Crippen molar-refractivity contribution in [3.05, 3.63) is 75.7 Å². The number of halogens is 1. The lowest BCUT2D eigenvalue weighted by Gasteiger charge is -2.17. The molecule has 1 aromatic carbocycles. The van der Waals surface area contributed by atoms with Gasteiger partial charge >= 0.3 is 0 Å². The number of aromatic nitrogens is 1. The highest BCUT2D eigenvalue weighted by Crippen LogP contribution is 2.31. The number of anilines is 1. The minimum absolute atomic E-state index is 0.0331. The first-order chi connectivity index (χ1) is 16.2. The predicted molar refractivity (Wildman–Crippen MR) is 136 cm³/mol. The maximum atomic E-state index is 12.8. The minimum atomic E-state index is -3.69. The van der Waals surface area contributed by atoms with Gasteiger partial charge in [-0.15, -0.1) is 11.3 Å². The van der Waals surface area contributed by atoms with Gasteiger partial charge in [0.15, 0.2) is 0 Å². The molecule has 1 aliphatic heterocycles. The van der Waals surface area contributed by atoms with Crippen LogP contribution in [0.5, 0.6) is 5.75 Å². The number of pyridine rings is 1. The molecule has 178 valence electrons. The van der Waals surface area contributed by atoms with E-state index in [1.807, 2.05) is 44.2 Å². The summed E-state index contributed by atoms with van der Waals surface area (Å²) < 4.78 is 33.9. The lowest BCUT2D eigenvalue weighted by atomic mass is 10.1. The molecule has 7 nitrogen and oxygen atoms in total. The third-order valence-electron chi connectivity index (χ3n) is 5.05. The lowest BCUT2D eigenvalue weighted by molar-refractivity contribution is -0.114. The van der Waals surface area contributed by atoms with Gasteiger partial charge in [-0.05, 0) is 56.7 Å². The number of nitrogens with zero attached hydrogens (tertiary/aromatic N) is 2. The smallest absolute Gasteiger partial charge is 0.276 e. The van der Waals surface area contributed by atoms with Crippen LogP contribution in [-0.2, 0) is 21.2 Å². The standard InChI is InChI=1S/C24H24ClN3O4S2/c1-16(2)32-21-6-4-3-5-19(21)17-7-10-23(26-15-17)28-13-11-20(24(28)29)27-34(30,31)14-12-18-8-9-22(25)33-18/h3-11,15-16,27H,12-14H2,1-2H3. The molecule has 4 rings (SSSR count). The van der Waals surface area contributed by atoms with Crippen LogP contribution in [0.25, 0.3) is 11.1 Å². The molecule has 1 amide bonds. The number of para-hydroxylation sites is 1. The Morgan fingerprint density at radius 3 is 2.65 bits per heavy atom. The number of hydrogen-bond donors (Lipinski definition) is 1. The summed E-state index contributed by atoms with van der Waals surface area (Å²) in [6, 6.07) is 14.8. The second kappa shape index (κ2) is 10.2. The Bertz CT molecular complexity index is 1320. The van der Waals surface area contributed by atoms with Crippen molar-refractivity contribution in [2.75, 3.05) is 17.2 Å². The molecule has 1 aliphatic rings. The molecule has 0 fully saturated rings.